The number of esters is 1. The van der Waals surface area contributed by atoms with E-state index in [0.29, 0.717) is 38.8 Å². The van der Waals surface area contributed by atoms with E-state index in [9.17, 15) is 15.0 Å². The van der Waals surface area contributed by atoms with Gasteiger partial charge in [0.1, 0.15) is 22.8 Å². The van der Waals surface area contributed by atoms with Gasteiger partial charge >= 0.3 is 5.97 Å². The molecule has 4 nitrogen and oxygen atoms in total. The van der Waals surface area contributed by atoms with E-state index in [4.69, 9.17) is 4.74 Å². The Bertz CT molecular complexity index is 1270. The quantitative estimate of drug-likeness (QED) is 0.366. The Balaban J connectivity index is 1.96. The molecule has 0 radical (unpaired) electrons. The highest BCUT2D eigenvalue weighted by atomic mass is 16.6. The van der Waals surface area contributed by atoms with Crippen LogP contribution in [-0.4, -0.2) is 16.2 Å². The number of rotatable bonds is 2. The molecule has 5 rings (SSSR count). The van der Waals surface area contributed by atoms with E-state index in [-0.39, 0.29) is 11.5 Å². The summed E-state index contributed by atoms with van der Waals surface area (Å²) in [4.78, 5) is 12.2. The summed E-state index contributed by atoms with van der Waals surface area (Å²) < 4.78 is 5.20. The highest BCUT2D eigenvalue weighted by Gasteiger charge is 2.34. The lowest BCUT2D eigenvalue weighted by atomic mass is 9.85. The molecule has 136 valence electrons. The molecule has 0 saturated carbocycles. The first-order valence-electron chi connectivity index (χ1n) is 8.96. The van der Waals surface area contributed by atoms with Crippen molar-refractivity contribution in [2.24, 2.45) is 0 Å². The molecule has 0 spiro atoms. The smallest absolute Gasteiger partial charge is 0.348 e. The zero-order chi connectivity index (χ0) is 19.4. The topological polar surface area (TPSA) is 66.8 Å². The first kappa shape index (κ1) is 16.4. The summed E-state index contributed by atoms with van der Waals surface area (Å²) in [6.45, 7) is 1.87. The van der Waals surface area contributed by atoms with Gasteiger partial charge in [0.05, 0.1) is 0 Å². The van der Waals surface area contributed by atoms with Crippen molar-refractivity contribution in [3.63, 3.8) is 0 Å². The predicted octanol–water partition coefficient (Wildman–Crippen LogP) is 5.43. The minimum atomic E-state index is -0.431. The molecule has 0 bridgehead atoms. The van der Waals surface area contributed by atoms with Crippen LogP contribution in [0.1, 0.15) is 15.9 Å². The molecule has 0 amide bonds. The summed E-state index contributed by atoms with van der Waals surface area (Å²) in [6.07, 6.45) is 0. The van der Waals surface area contributed by atoms with Gasteiger partial charge in [0.2, 0.25) is 0 Å². The van der Waals surface area contributed by atoms with Gasteiger partial charge < -0.3 is 14.9 Å². The molecule has 1 heterocycles. The summed E-state index contributed by atoms with van der Waals surface area (Å²) in [7, 11) is 0. The molecule has 1 aliphatic heterocycles. The average molecular weight is 368 g/mol. The second-order valence-corrected chi connectivity index (χ2v) is 6.88. The first-order chi connectivity index (χ1) is 13.6. The molecule has 28 heavy (non-hydrogen) atoms. The maximum Gasteiger partial charge on any atom is 0.348 e. The number of benzene rings is 4. The van der Waals surface area contributed by atoms with Gasteiger partial charge in [0, 0.05) is 27.5 Å². The van der Waals surface area contributed by atoms with Gasteiger partial charge in [-0.15, -0.1) is 0 Å². The van der Waals surface area contributed by atoms with E-state index in [1.165, 1.54) is 0 Å². The number of fused-ring (bicyclic) bond motifs is 2. The van der Waals surface area contributed by atoms with Crippen LogP contribution in [0.25, 0.3) is 33.0 Å². The van der Waals surface area contributed by atoms with Gasteiger partial charge in [-0.3, -0.25) is 0 Å². The second-order valence-electron chi connectivity index (χ2n) is 6.88. The van der Waals surface area contributed by atoms with E-state index < -0.39 is 5.97 Å². The number of aryl methyl sites for hydroxylation is 1. The highest BCUT2D eigenvalue weighted by molar-refractivity contribution is 6.14. The number of ether oxygens (including phenoxy) is 1. The van der Waals surface area contributed by atoms with Crippen molar-refractivity contribution in [2.45, 2.75) is 6.92 Å². The van der Waals surface area contributed by atoms with Crippen molar-refractivity contribution in [2.75, 3.05) is 0 Å². The molecule has 4 aromatic carbocycles. The lowest BCUT2D eigenvalue weighted by Gasteiger charge is -2.25. The Morgan fingerprint density at radius 1 is 0.714 bits per heavy atom. The van der Waals surface area contributed by atoms with Crippen LogP contribution in [0.5, 0.6) is 17.2 Å². The largest absolute Gasteiger partial charge is 0.507 e. The molecule has 0 atom stereocenters. The van der Waals surface area contributed by atoms with Gasteiger partial charge in [0.25, 0.3) is 0 Å². The van der Waals surface area contributed by atoms with Crippen LogP contribution in [-0.2, 0) is 0 Å². The maximum atomic E-state index is 12.2. The Kier molecular flexibility index (Phi) is 3.43. The van der Waals surface area contributed by atoms with Crippen LogP contribution in [0.3, 0.4) is 0 Å². The lowest BCUT2D eigenvalue weighted by Crippen LogP contribution is -2.23. The summed E-state index contributed by atoms with van der Waals surface area (Å²) >= 11 is 0. The molecule has 4 heteroatoms. The summed E-state index contributed by atoms with van der Waals surface area (Å²) in [6, 6.07) is 20.1. The molecule has 0 aromatic heterocycles. The van der Waals surface area contributed by atoms with E-state index in [2.05, 4.69) is 0 Å². The Morgan fingerprint density at radius 2 is 1.32 bits per heavy atom. The van der Waals surface area contributed by atoms with E-state index in [1.54, 1.807) is 24.3 Å². The number of phenols is 2. The standard InChI is InChI=1S/C24H16O4/c1-13-11-12-17(20-23(13)28-24(20)27)19-18(14-7-3-2-4-8-14)21(25)15-9-5-6-10-16(15)22(19)26/h2-12,25-26H,1H3. The van der Waals surface area contributed by atoms with Crippen LogP contribution in [0.15, 0.2) is 66.7 Å². The van der Waals surface area contributed by atoms with Gasteiger partial charge in [-0.25, -0.2) is 4.79 Å². The molecular weight excluding hydrogens is 352 g/mol. The SMILES string of the molecule is Cc1ccc(-c2c(-c3ccccc3)c(O)c3ccccc3c2O)c2c1OC2=O. The Hall–Kier alpha value is -3.79. The van der Waals surface area contributed by atoms with E-state index in [0.717, 1.165) is 11.1 Å². The lowest BCUT2D eigenvalue weighted by molar-refractivity contribution is 0.0658. The third-order valence-corrected chi connectivity index (χ3v) is 5.25. The van der Waals surface area contributed by atoms with Crippen LogP contribution in [0, 0.1) is 6.92 Å². The fourth-order valence-electron chi connectivity index (χ4n) is 3.88. The molecular formula is C24H16O4. The molecule has 4 aromatic rings. The summed E-state index contributed by atoms with van der Waals surface area (Å²) in [5.41, 5.74) is 3.50. The first-order valence-corrected chi connectivity index (χ1v) is 8.96. The number of phenolic OH excluding ortho intramolecular Hbond substituents is 2. The molecule has 0 fully saturated rings. The van der Waals surface area contributed by atoms with E-state index >= 15 is 0 Å². The molecule has 0 aliphatic carbocycles. The van der Waals surface area contributed by atoms with Gasteiger partial charge in [-0.2, -0.15) is 0 Å². The van der Waals surface area contributed by atoms with Crippen molar-refractivity contribution in [3.8, 4) is 39.5 Å². The fraction of sp³-hybridized carbons (Fsp3) is 0.0417. The highest BCUT2D eigenvalue weighted by Crippen LogP contribution is 2.52. The average Bonchev–Trinajstić information content (AvgIpc) is 2.71. The minimum absolute atomic E-state index is 0.0259. The fourth-order valence-corrected chi connectivity index (χ4v) is 3.88. The van der Waals surface area contributed by atoms with Crippen LogP contribution in [0.4, 0.5) is 0 Å². The monoisotopic (exact) mass is 368 g/mol. The predicted molar refractivity (Wildman–Crippen MR) is 108 cm³/mol. The number of carbonyl (C=O) groups excluding carboxylic acids is 1. The number of hydrogen-bond donors (Lipinski definition) is 2. The zero-order valence-corrected chi connectivity index (χ0v) is 15.1. The van der Waals surface area contributed by atoms with Gasteiger partial charge in [-0.05, 0) is 18.1 Å². The molecule has 1 aliphatic rings. The number of aromatic hydroxyl groups is 2. The van der Waals surface area contributed by atoms with Gasteiger partial charge in [-0.1, -0.05) is 66.7 Å². The van der Waals surface area contributed by atoms with Crippen molar-refractivity contribution in [3.05, 3.63) is 77.9 Å². The van der Waals surface area contributed by atoms with Crippen LogP contribution in [0.2, 0.25) is 0 Å². The molecule has 2 N–H and O–H groups in total. The van der Waals surface area contributed by atoms with E-state index in [1.807, 2.05) is 49.4 Å². The number of carbonyl (C=O) groups is 1. The van der Waals surface area contributed by atoms with Crippen molar-refractivity contribution in [1.82, 2.24) is 0 Å². The van der Waals surface area contributed by atoms with Crippen LogP contribution < -0.4 is 4.74 Å². The van der Waals surface area contributed by atoms with Crippen molar-refractivity contribution in [1.29, 1.82) is 0 Å². The van der Waals surface area contributed by atoms with Gasteiger partial charge in [0.15, 0.2) is 0 Å². The normalized spacial score (nSPS) is 12.4. The zero-order valence-electron chi connectivity index (χ0n) is 15.1. The van der Waals surface area contributed by atoms with Crippen molar-refractivity contribution >= 4 is 16.7 Å². The van der Waals surface area contributed by atoms with Crippen LogP contribution >= 0.6 is 0 Å². The third-order valence-electron chi connectivity index (χ3n) is 5.25. The second kappa shape index (κ2) is 5.86. The third kappa shape index (κ3) is 2.15. The Labute approximate surface area is 161 Å². The number of hydrogen-bond acceptors (Lipinski definition) is 4. The summed E-state index contributed by atoms with van der Waals surface area (Å²) in [5.74, 6) is 0.183. The maximum absolute atomic E-state index is 12.2. The van der Waals surface area contributed by atoms with Crippen molar-refractivity contribution < 1.29 is 19.7 Å². The molecule has 0 unspecified atom stereocenters. The minimum Gasteiger partial charge on any atom is -0.507 e. The molecule has 0 saturated heterocycles. The Morgan fingerprint density at radius 3 is 1.96 bits per heavy atom. The summed E-state index contributed by atoms with van der Waals surface area (Å²) in [5, 5.41) is 23.4.